The molecule has 1 aliphatic heterocycles. The molecule has 0 N–H and O–H groups in total. The van der Waals surface area contributed by atoms with Gasteiger partial charge in [0.25, 0.3) is 0 Å². The fourth-order valence-electron chi connectivity index (χ4n) is 4.82. The van der Waals surface area contributed by atoms with Gasteiger partial charge in [-0.3, -0.25) is 0 Å². The molecule has 0 saturated carbocycles. The summed E-state index contributed by atoms with van der Waals surface area (Å²) < 4.78 is 12.5. The first-order chi connectivity index (χ1) is 12.4. The molecule has 2 heteroatoms. The smallest absolute Gasteiger partial charge is 0.127 e. The summed E-state index contributed by atoms with van der Waals surface area (Å²) in [5.41, 5.74) is 8.80. The van der Waals surface area contributed by atoms with Gasteiger partial charge in [0.05, 0.1) is 13.2 Å². The molecule has 0 amide bonds. The predicted octanol–water partition coefficient (Wildman–Crippen LogP) is 5.27. The number of ether oxygens (including phenoxy) is 2. The van der Waals surface area contributed by atoms with Gasteiger partial charge in [0.2, 0.25) is 0 Å². The van der Waals surface area contributed by atoms with Crippen molar-refractivity contribution in [2.24, 2.45) is 0 Å². The van der Waals surface area contributed by atoms with E-state index >= 15 is 0 Å². The molecule has 1 heterocycles. The Hall–Kier alpha value is -1.96. The minimum Gasteiger partial charge on any atom is -0.493 e. The number of rotatable bonds is 0. The van der Waals surface area contributed by atoms with Crippen molar-refractivity contribution >= 4 is 0 Å². The summed E-state index contributed by atoms with van der Waals surface area (Å²) in [5, 5.41) is 0. The van der Waals surface area contributed by atoms with Crippen molar-refractivity contribution in [2.45, 2.75) is 57.8 Å². The molecule has 2 aliphatic carbocycles. The lowest BCUT2D eigenvalue weighted by molar-refractivity contribution is 0.252. The Morgan fingerprint density at radius 3 is 1.52 bits per heavy atom. The van der Waals surface area contributed by atoms with E-state index in [1.807, 2.05) is 0 Å². The maximum Gasteiger partial charge on any atom is 0.127 e. The van der Waals surface area contributed by atoms with E-state index in [9.17, 15) is 0 Å². The van der Waals surface area contributed by atoms with E-state index in [0.29, 0.717) is 0 Å². The highest BCUT2D eigenvalue weighted by Gasteiger charge is 2.26. The Balaban J connectivity index is 1.81. The summed E-state index contributed by atoms with van der Waals surface area (Å²) >= 11 is 0. The largest absolute Gasteiger partial charge is 0.493 e. The van der Waals surface area contributed by atoms with Crippen molar-refractivity contribution in [2.75, 3.05) is 13.2 Å². The molecule has 0 aromatic heterocycles. The lowest BCUT2D eigenvalue weighted by Gasteiger charge is -2.27. The van der Waals surface area contributed by atoms with Gasteiger partial charge in [-0.25, -0.2) is 0 Å². The third-order valence-corrected chi connectivity index (χ3v) is 6.04. The van der Waals surface area contributed by atoms with Crippen molar-refractivity contribution in [3.05, 3.63) is 46.5 Å². The molecular weight excluding hydrogens is 308 g/mol. The SMILES string of the molecule is c1cc2c(c3c1CCCC3)-c1c(ccc3c1CCCC3)OCCCO2. The Morgan fingerprint density at radius 1 is 0.520 bits per heavy atom. The molecule has 3 aliphatic rings. The number of aryl methyl sites for hydroxylation is 2. The van der Waals surface area contributed by atoms with Crippen LogP contribution in [0.1, 0.15) is 54.4 Å². The van der Waals surface area contributed by atoms with Crippen LogP contribution >= 0.6 is 0 Å². The molecular formula is C23H26O2. The molecule has 25 heavy (non-hydrogen) atoms. The van der Waals surface area contributed by atoms with Crippen LogP contribution in [0.4, 0.5) is 0 Å². The Kier molecular flexibility index (Phi) is 3.92. The van der Waals surface area contributed by atoms with Crippen LogP contribution in [0.3, 0.4) is 0 Å². The summed E-state index contributed by atoms with van der Waals surface area (Å²) in [6.07, 6.45) is 10.9. The molecule has 0 saturated heterocycles. The number of benzene rings is 2. The first-order valence-corrected chi connectivity index (χ1v) is 9.97. The van der Waals surface area contributed by atoms with E-state index in [1.54, 1.807) is 0 Å². The minimum absolute atomic E-state index is 0.738. The van der Waals surface area contributed by atoms with Gasteiger partial charge in [0, 0.05) is 17.5 Å². The van der Waals surface area contributed by atoms with Crippen molar-refractivity contribution in [3.63, 3.8) is 0 Å². The summed E-state index contributed by atoms with van der Waals surface area (Å²) in [6.45, 7) is 1.48. The summed E-state index contributed by atoms with van der Waals surface area (Å²) in [5.74, 6) is 2.15. The third kappa shape index (κ3) is 2.63. The van der Waals surface area contributed by atoms with Gasteiger partial charge < -0.3 is 9.47 Å². The molecule has 5 rings (SSSR count). The molecule has 0 unspecified atom stereocenters. The normalized spacial score (nSPS) is 18.9. The standard InChI is InChI=1S/C23H26O2/c1-3-8-18-16(6-1)10-12-20-22(18)23-19-9-4-2-7-17(19)11-13-21(23)25-15-5-14-24-20/h10-13H,1-9,14-15H2. The Morgan fingerprint density at radius 2 is 1.00 bits per heavy atom. The van der Waals surface area contributed by atoms with Crippen molar-refractivity contribution in [1.82, 2.24) is 0 Å². The van der Waals surface area contributed by atoms with Crippen LogP contribution in [0.25, 0.3) is 11.1 Å². The van der Waals surface area contributed by atoms with E-state index < -0.39 is 0 Å². The minimum atomic E-state index is 0.738. The van der Waals surface area contributed by atoms with Gasteiger partial charge in [-0.15, -0.1) is 0 Å². The van der Waals surface area contributed by atoms with E-state index in [2.05, 4.69) is 24.3 Å². The van der Waals surface area contributed by atoms with E-state index in [1.165, 1.54) is 84.7 Å². The number of hydrogen-bond donors (Lipinski definition) is 0. The summed E-state index contributed by atoms with van der Waals surface area (Å²) in [4.78, 5) is 0. The van der Waals surface area contributed by atoms with Crippen LogP contribution in [-0.4, -0.2) is 13.2 Å². The lowest BCUT2D eigenvalue weighted by Crippen LogP contribution is -2.10. The maximum atomic E-state index is 6.24. The monoisotopic (exact) mass is 334 g/mol. The van der Waals surface area contributed by atoms with E-state index in [4.69, 9.17) is 9.47 Å². The highest BCUT2D eigenvalue weighted by Crippen LogP contribution is 2.47. The van der Waals surface area contributed by atoms with Crippen LogP contribution in [0.5, 0.6) is 11.5 Å². The van der Waals surface area contributed by atoms with Crippen LogP contribution in [-0.2, 0) is 25.7 Å². The zero-order valence-corrected chi connectivity index (χ0v) is 14.9. The molecule has 0 atom stereocenters. The van der Waals surface area contributed by atoms with E-state index in [-0.39, 0.29) is 0 Å². The Labute approximate surface area is 150 Å². The van der Waals surface area contributed by atoms with Crippen molar-refractivity contribution in [1.29, 1.82) is 0 Å². The van der Waals surface area contributed by atoms with Gasteiger partial charge in [-0.2, -0.15) is 0 Å². The van der Waals surface area contributed by atoms with Crippen molar-refractivity contribution in [3.8, 4) is 22.6 Å². The van der Waals surface area contributed by atoms with Crippen LogP contribution in [0, 0.1) is 0 Å². The molecule has 0 spiro atoms. The average molecular weight is 334 g/mol. The molecule has 2 aromatic rings. The van der Waals surface area contributed by atoms with Gasteiger partial charge in [-0.05, 0) is 85.8 Å². The predicted molar refractivity (Wildman–Crippen MR) is 101 cm³/mol. The highest BCUT2D eigenvalue weighted by molar-refractivity contribution is 5.83. The maximum absolute atomic E-state index is 6.24. The zero-order chi connectivity index (χ0) is 16.6. The molecule has 2 aromatic carbocycles. The number of hydrogen-bond acceptors (Lipinski definition) is 2. The second-order valence-electron chi connectivity index (χ2n) is 7.62. The van der Waals surface area contributed by atoms with Gasteiger partial charge in [0.1, 0.15) is 11.5 Å². The average Bonchev–Trinajstić information content (AvgIpc) is 2.76. The van der Waals surface area contributed by atoms with Crippen LogP contribution in [0.2, 0.25) is 0 Å². The summed E-state index contributed by atoms with van der Waals surface area (Å²) in [6, 6.07) is 9.05. The van der Waals surface area contributed by atoms with E-state index in [0.717, 1.165) is 31.1 Å². The van der Waals surface area contributed by atoms with Crippen LogP contribution < -0.4 is 9.47 Å². The second kappa shape index (κ2) is 6.40. The zero-order valence-electron chi connectivity index (χ0n) is 14.9. The fourth-order valence-corrected chi connectivity index (χ4v) is 4.82. The molecule has 0 fully saturated rings. The number of fused-ring (bicyclic) bond motifs is 7. The molecule has 0 bridgehead atoms. The first-order valence-electron chi connectivity index (χ1n) is 9.97. The lowest BCUT2D eigenvalue weighted by atomic mass is 9.80. The quantitative estimate of drug-likeness (QED) is 0.653. The fraction of sp³-hybridized carbons (Fsp3) is 0.478. The van der Waals surface area contributed by atoms with Gasteiger partial charge >= 0.3 is 0 Å². The Bertz CT molecular complexity index is 739. The van der Waals surface area contributed by atoms with Gasteiger partial charge in [0.15, 0.2) is 0 Å². The summed E-state index contributed by atoms with van der Waals surface area (Å²) in [7, 11) is 0. The van der Waals surface area contributed by atoms with Crippen molar-refractivity contribution < 1.29 is 9.47 Å². The highest BCUT2D eigenvalue weighted by atomic mass is 16.5. The molecule has 2 nitrogen and oxygen atoms in total. The van der Waals surface area contributed by atoms with Crippen LogP contribution in [0.15, 0.2) is 24.3 Å². The molecule has 130 valence electrons. The third-order valence-electron chi connectivity index (χ3n) is 6.04. The first kappa shape index (κ1) is 15.3. The topological polar surface area (TPSA) is 18.5 Å². The van der Waals surface area contributed by atoms with Gasteiger partial charge in [-0.1, -0.05) is 12.1 Å². The molecule has 0 radical (unpaired) electrons. The second-order valence-corrected chi connectivity index (χ2v) is 7.62.